The third-order valence-corrected chi connectivity index (χ3v) is 4.31. The van der Waals surface area contributed by atoms with E-state index in [0.29, 0.717) is 17.9 Å². The molecule has 0 saturated heterocycles. The van der Waals surface area contributed by atoms with Gasteiger partial charge in [-0.25, -0.2) is 13.9 Å². The average molecular weight is 410 g/mol. The van der Waals surface area contributed by atoms with E-state index in [1.54, 1.807) is 6.07 Å². The van der Waals surface area contributed by atoms with Gasteiger partial charge in [-0.2, -0.15) is 18.3 Å². The van der Waals surface area contributed by atoms with E-state index < -0.39 is 23.2 Å². The SMILES string of the molecule is CC(C)C[C@](C)(N)COc1ccc(-c2ccnc3cc(C(F)(F)F)nn23)cc1F. The maximum atomic E-state index is 14.6. The lowest BCUT2D eigenvalue weighted by Gasteiger charge is -2.26. The average Bonchev–Trinajstić information content (AvgIpc) is 3.04. The zero-order valence-electron chi connectivity index (χ0n) is 16.3. The van der Waals surface area contributed by atoms with Gasteiger partial charge in [-0.3, -0.25) is 0 Å². The highest BCUT2D eigenvalue weighted by Gasteiger charge is 2.34. The maximum Gasteiger partial charge on any atom is 0.435 e. The molecule has 0 aliphatic carbocycles. The first-order chi connectivity index (χ1) is 13.5. The molecular weight excluding hydrogens is 388 g/mol. The number of hydrogen-bond acceptors (Lipinski definition) is 4. The first kappa shape index (κ1) is 21.0. The number of alkyl halides is 3. The van der Waals surface area contributed by atoms with Gasteiger partial charge in [0, 0.05) is 23.4 Å². The van der Waals surface area contributed by atoms with E-state index >= 15 is 0 Å². The highest BCUT2D eigenvalue weighted by molar-refractivity contribution is 5.63. The Balaban J connectivity index is 1.88. The summed E-state index contributed by atoms with van der Waals surface area (Å²) in [4.78, 5) is 3.89. The molecule has 0 unspecified atom stereocenters. The molecule has 3 rings (SSSR count). The summed E-state index contributed by atoms with van der Waals surface area (Å²) in [6.45, 7) is 6.04. The first-order valence-electron chi connectivity index (χ1n) is 9.10. The monoisotopic (exact) mass is 410 g/mol. The van der Waals surface area contributed by atoms with E-state index in [1.165, 1.54) is 24.4 Å². The van der Waals surface area contributed by atoms with Crippen LogP contribution >= 0.6 is 0 Å². The predicted octanol–water partition coefficient (Wildman–Crippen LogP) is 4.70. The third-order valence-electron chi connectivity index (χ3n) is 4.31. The van der Waals surface area contributed by atoms with Gasteiger partial charge in [0.05, 0.1) is 5.69 Å². The Morgan fingerprint density at radius 3 is 2.52 bits per heavy atom. The molecule has 2 aromatic heterocycles. The van der Waals surface area contributed by atoms with Crippen molar-refractivity contribution in [1.29, 1.82) is 0 Å². The van der Waals surface area contributed by atoms with Crippen molar-refractivity contribution in [3.63, 3.8) is 0 Å². The van der Waals surface area contributed by atoms with Crippen molar-refractivity contribution in [3.8, 4) is 17.0 Å². The number of fused-ring (bicyclic) bond motifs is 1. The van der Waals surface area contributed by atoms with Gasteiger partial charge < -0.3 is 10.5 Å². The highest BCUT2D eigenvalue weighted by Crippen LogP contribution is 2.31. The van der Waals surface area contributed by atoms with Gasteiger partial charge in [0.1, 0.15) is 6.61 Å². The second-order valence-corrected chi connectivity index (χ2v) is 7.81. The maximum absolute atomic E-state index is 14.6. The fraction of sp³-hybridized carbons (Fsp3) is 0.400. The van der Waals surface area contributed by atoms with Gasteiger partial charge in [-0.1, -0.05) is 13.8 Å². The third kappa shape index (κ3) is 4.84. The molecule has 2 N–H and O–H groups in total. The second-order valence-electron chi connectivity index (χ2n) is 7.81. The minimum absolute atomic E-state index is 0.0168. The molecule has 0 amide bonds. The van der Waals surface area contributed by atoms with Crippen molar-refractivity contribution < 1.29 is 22.3 Å². The van der Waals surface area contributed by atoms with Crippen LogP contribution in [-0.4, -0.2) is 26.7 Å². The summed E-state index contributed by atoms with van der Waals surface area (Å²) in [5.74, 6) is -0.252. The number of ether oxygens (including phenoxy) is 1. The van der Waals surface area contributed by atoms with E-state index in [4.69, 9.17) is 10.5 Å². The van der Waals surface area contributed by atoms with Gasteiger partial charge in [-0.15, -0.1) is 0 Å². The van der Waals surface area contributed by atoms with E-state index in [0.717, 1.165) is 10.6 Å². The van der Waals surface area contributed by atoms with Gasteiger partial charge in [0.2, 0.25) is 0 Å². The van der Waals surface area contributed by atoms with E-state index in [-0.39, 0.29) is 23.7 Å². The zero-order valence-corrected chi connectivity index (χ0v) is 16.3. The second kappa shape index (κ2) is 7.62. The zero-order chi connectivity index (χ0) is 21.4. The van der Waals surface area contributed by atoms with Crippen LogP contribution < -0.4 is 10.5 Å². The summed E-state index contributed by atoms with van der Waals surface area (Å²) in [5.41, 5.74) is 5.14. The van der Waals surface area contributed by atoms with Crippen molar-refractivity contribution in [2.24, 2.45) is 11.7 Å². The standard InChI is InChI=1S/C20H22F4N4O/c1-12(2)10-19(3,25)11-29-16-5-4-13(8-14(16)21)15-6-7-26-18-9-17(20(22,23)24)27-28(15)18/h4-9,12H,10-11,25H2,1-3H3/t19-/m0/s1. The Hall–Kier alpha value is -2.68. The van der Waals surface area contributed by atoms with Gasteiger partial charge >= 0.3 is 6.18 Å². The van der Waals surface area contributed by atoms with Crippen molar-refractivity contribution in [1.82, 2.24) is 14.6 Å². The van der Waals surface area contributed by atoms with Crippen LogP contribution in [-0.2, 0) is 6.18 Å². The lowest BCUT2D eigenvalue weighted by Crippen LogP contribution is -2.43. The number of aromatic nitrogens is 3. The van der Waals surface area contributed by atoms with Crippen LogP contribution in [0.3, 0.4) is 0 Å². The highest BCUT2D eigenvalue weighted by atomic mass is 19.4. The molecule has 156 valence electrons. The molecule has 0 saturated carbocycles. The largest absolute Gasteiger partial charge is 0.489 e. The number of benzene rings is 1. The molecule has 0 spiro atoms. The van der Waals surface area contributed by atoms with Crippen LogP contribution in [0.1, 0.15) is 32.9 Å². The van der Waals surface area contributed by atoms with Crippen molar-refractivity contribution in [3.05, 3.63) is 48.0 Å². The van der Waals surface area contributed by atoms with Gasteiger partial charge in [0.25, 0.3) is 0 Å². The van der Waals surface area contributed by atoms with Crippen LogP contribution in [0.5, 0.6) is 5.75 Å². The molecule has 9 heteroatoms. The van der Waals surface area contributed by atoms with Crippen LogP contribution in [0.4, 0.5) is 17.6 Å². The molecule has 0 aliphatic heterocycles. The Kier molecular flexibility index (Phi) is 5.53. The van der Waals surface area contributed by atoms with E-state index in [1.807, 2.05) is 20.8 Å². The van der Waals surface area contributed by atoms with Gasteiger partial charge in [0.15, 0.2) is 22.9 Å². The van der Waals surface area contributed by atoms with Crippen LogP contribution in [0.25, 0.3) is 16.9 Å². The number of rotatable bonds is 6. The lowest BCUT2D eigenvalue weighted by atomic mass is 9.93. The van der Waals surface area contributed by atoms with Crippen molar-refractivity contribution in [2.75, 3.05) is 6.61 Å². The van der Waals surface area contributed by atoms with Crippen molar-refractivity contribution >= 4 is 5.65 Å². The summed E-state index contributed by atoms with van der Waals surface area (Å²) in [5, 5.41) is 3.57. The minimum atomic E-state index is -4.60. The number of nitrogens with zero attached hydrogens (tertiary/aromatic N) is 3. The first-order valence-corrected chi connectivity index (χ1v) is 9.10. The minimum Gasteiger partial charge on any atom is -0.489 e. The Labute approximate surface area is 165 Å². The summed E-state index contributed by atoms with van der Waals surface area (Å²) >= 11 is 0. The smallest absolute Gasteiger partial charge is 0.435 e. The van der Waals surface area contributed by atoms with Crippen LogP contribution in [0.15, 0.2) is 36.5 Å². The quantitative estimate of drug-likeness (QED) is 0.599. The molecule has 29 heavy (non-hydrogen) atoms. The summed E-state index contributed by atoms with van der Waals surface area (Å²) in [7, 11) is 0. The Bertz CT molecular complexity index is 1010. The molecule has 2 heterocycles. The fourth-order valence-electron chi connectivity index (χ4n) is 3.26. The van der Waals surface area contributed by atoms with Crippen LogP contribution in [0, 0.1) is 11.7 Å². The summed E-state index contributed by atoms with van der Waals surface area (Å²) < 4.78 is 60.0. The topological polar surface area (TPSA) is 65.4 Å². The van der Waals surface area contributed by atoms with Crippen LogP contribution in [0.2, 0.25) is 0 Å². The number of nitrogens with two attached hydrogens (primary N) is 1. The fourth-order valence-corrected chi connectivity index (χ4v) is 3.26. The number of hydrogen-bond donors (Lipinski definition) is 1. The molecule has 0 aliphatic rings. The van der Waals surface area contributed by atoms with E-state index in [9.17, 15) is 17.6 Å². The number of halogens is 4. The molecule has 5 nitrogen and oxygen atoms in total. The summed E-state index contributed by atoms with van der Waals surface area (Å²) in [6.07, 6.45) is -2.54. The van der Waals surface area contributed by atoms with Crippen molar-refractivity contribution in [2.45, 2.75) is 38.9 Å². The van der Waals surface area contributed by atoms with Gasteiger partial charge in [-0.05, 0) is 43.5 Å². The van der Waals surface area contributed by atoms with E-state index in [2.05, 4.69) is 10.1 Å². The molecule has 0 bridgehead atoms. The molecule has 1 aromatic carbocycles. The Morgan fingerprint density at radius 1 is 1.17 bits per heavy atom. The lowest BCUT2D eigenvalue weighted by molar-refractivity contribution is -0.141. The molecule has 0 fully saturated rings. The summed E-state index contributed by atoms with van der Waals surface area (Å²) in [6, 6.07) is 6.48. The normalized spacial score (nSPS) is 14.4. The molecule has 1 atom stereocenters. The molecule has 0 radical (unpaired) electrons. The molecule has 3 aromatic rings. The molecular formula is C20H22F4N4O. The predicted molar refractivity (Wildman–Crippen MR) is 101 cm³/mol. The Morgan fingerprint density at radius 2 is 1.90 bits per heavy atom.